The first-order chi connectivity index (χ1) is 13.2. The van der Waals surface area contributed by atoms with Gasteiger partial charge in [0, 0.05) is 23.3 Å². The zero-order chi connectivity index (χ0) is 18.2. The fourth-order valence-corrected chi connectivity index (χ4v) is 3.77. The number of Topliss-reactive ketones (excluding diaryl/α,β-unsaturated/α-hetero) is 1. The van der Waals surface area contributed by atoms with Crippen LogP contribution in [0.25, 0.3) is 22.0 Å². The number of ketones is 1. The molecule has 1 saturated carbocycles. The average Bonchev–Trinajstić information content (AvgIpc) is 3.18. The third-order valence-electron chi connectivity index (χ3n) is 5.44. The Morgan fingerprint density at radius 3 is 2.78 bits per heavy atom. The molecule has 1 saturated heterocycles. The van der Waals surface area contributed by atoms with E-state index in [1.165, 1.54) is 25.7 Å². The van der Waals surface area contributed by atoms with Gasteiger partial charge in [0.05, 0.1) is 30.7 Å². The number of aromatic nitrogens is 4. The van der Waals surface area contributed by atoms with E-state index in [1.54, 1.807) is 0 Å². The molecule has 0 radical (unpaired) electrons. The number of hydrogen-bond acceptors (Lipinski definition) is 5. The van der Waals surface area contributed by atoms with Crippen LogP contribution < -0.4 is 0 Å². The lowest BCUT2D eigenvalue weighted by molar-refractivity contribution is -0.119. The predicted molar refractivity (Wildman–Crippen MR) is 103 cm³/mol. The minimum absolute atomic E-state index is 0.193. The van der Waals surface area contributed by atoms with Crippen LogP contribution >= 0.6 is 0 Å². The molecular formula is C21H23N5O. The third-order valence-corrected chi connectivity index (χ3v) is 5.44. The van der Waals surface area contributed by atoms with Gasteiger partial charge in [0.1, 0.15) is 5.82 Å². The van der Waals surface area contributed by atoms with Crippen LogP contribution in [0.15, 0.2) is 36.8 Å². The Morgan fingerprint density at radius 2 is 1.96 bits per heavy atom. The van der Waals surface area contributed by atoms with Crippen LogP contribution in [0.5, 0.6) is 0 Å². The number of hydrogen-bond donors (Lipinski definition) is 0. The van der Waals surface area contributed by atoms with Crippen LogP contribution in [0.4, 0.5) is 0 Å². The molecule has 2 aromatic heterocycles. The highest BCUT2D eigenvalue weighted by Gasteiger charge is 2.24. The maximum atomic E-state index is 12.3. The monoisotopic (exact) mass is 361 g/mol. The molecule has 0 unspecified atom stereocenters. The van der Waals surface area contributed by atoms with E-state index in [9.17, 15) is 4.79 Å². The topological polar surface area (TPSA) is 63.9 Å². The molecule has 0 amide bonds. The van der Waals surface area contributed by atoms with Crippen LogP contribution in [-0.2, 0) is 11.2 Å². The molecule has 1 aliphatic carbocycles. The van der Waals surface area contributed by atoms with Gasteiger partial charge in [0.15, 0.2) is 5.78 Å². The molecule has 3 aromatic rings. The number of likely N-dealkylation sites (tertiary alicyclic amines) is 1. The van der Waals surface area contributed by atoms with Gasteiger partial charge < -0.3 is 0 Å². The Labute approximate surface area is 158 Å². The van der Waals surface area contributed by atoms with E-state index in [2.05, 4.69) is 43.0 Å². The second-order valence-corrected chi connectivity index (χ2v) is 7.70. The standard InChI is InChI=1S/C21H23N5O/c27-19(14-25-7-1-2-8-25)10-21-22-11-16-4-3-15(9-20(16)24-21)17-12-23-26(13-17)18-5-6-18/h3-4,9,11-13,18H,1-2,5-8,10,14H2. The van der Waals surface area contributed by atoms with Crippen molar-refractivity contribution in [1.82, 2.24) is 24.6 Å². The van der Waals surface area contributed by atoms with Crippen molar-refractivity contribution < 1.29 is 4.79 Å². The molecule has 27 heavy (non-hydrogen) atoms. The number of rotatable bonds is 6. The van der Waals surface area contributed by atoms with E-state index in [1.807, 2.05) is 18.5 Å². The van der Waals surface area contributed by atoms with Crippen LogP contribution in [0, 0.1) is 0 Å². The normalized spacial score (nSPS) is 17.6. The first-order valence-electron chi connectivity index (χ1n) is 9.79. The van der Waals surface area contributed by atoms with E-state index in [-0.39, 0.29) is 5.78 Å². The summed E-state index contributed by atoms with van der Waals surface area (Å²) in [5, 5.41) is 5.46. The highest BCUT2D eigenvalue weighted by Crippen LogP contribution is 2.35. The van der Waals surface area contributed by atoms with Crippen LogP contribution in [0.2, 0.25) is 0 Å². The van der Waals surface area contributed by atoms with E-state index in [0.29, 0.717) is 24.8 Å². The van der Waals surface area contributed by atoms with Gasteiger partial charge in [0.25, 0.3) is 0 Å². The van der Waals surface area contributed by atoms with Gasteiger partial charge in [-0.2, -0.15) is 5.10 Å². The summed E-state index contributed by atoms with van der Waals surface area (Å²) >= 11 is 0. The fourth-order valence-electron chi connectivity index (χ4n) is 3.77. The number of carbonyl (C=O) groups excluding carboxylic acids is 1. The fraction of sp³-hybridized carbons (Fsp3) is 0.429. The highest BCUT2D eigenvalue weighted by atomic mass is 16.1. The molecule has 138 valence electrons. The summed E-state index contributed by atoms with van der Waals surface area (Å²) in [6.45, 7) is 2.58. The molecule has 0 atom stereocenters. The minimum atomic E-state index is 0.193. The molecule has 2 aliphatic rings. The maximum Gasteiger partial charge on any atom is 0.154 e. The second kappa shape index (κ2) is 6.85. The molecule has 6 nitrogen and oxygen atoms in total. The van der Waals surface area contributed by atoms with Gasteiger partial charge in [-0.1, -0.05) is 12.1 Å². The summed E-state index contributed by atoms with van der Waals surface area (Å²) < 4.78 is 2.06. The quantitative estimate of drug-likeness (QED) is 0.675. The highest BCUT2D eigenvalue weighted by molar-refractivity contribution is 5.85. The van der Waals surface area contributed by atoms with Crippen molar-refractivity contribution in [3.8, 4) is 11.1 Å². The molecule has 5 rings (SSSR count). The van der Waals surface area contributed by atoms with Gasteiger partial charge in [0.2, 0.25) is 0 Å². The SMILES string of the molecule is O=C(Cc1ncc2ccc(-c3cnn(C4CC4)c3)cc2n1)CN1CCCC1. The number of nitrogens with zero attached hydrogens (tertiary/aromatic N) is 5. The van der Waals surface area contributed by atoms with Crippen molar-refractivity contribution in [2.75, 3.05) is 19.6 Å². The first kappa shape index (κ1) is 16.6. The van der Waals surface area contributed by atoms with Crippen molar-refractivity contribution in [3.05, 3.63) is 42.6 Å². The van der Waals surface area contributed by atoms with Gasteiger partial charge in [-0.15, -0.1) is 0 Å². The molecule has 1 aliphatic heterocycles. The van der Waals surface area contributed by atoms with E-state index in [0.717, 1.165) is 35.1 Å². The molecule has 0 bridgehead atoms. The predicted octanol–water partition coefficient (Wildman–Crippen LogP) is 3.04. The van der Waals surface area contributed by atoms with Crippen molar-refractivity contribution in [1.29, 1.82) is 0 Å². The Bertz CT molecular complexity index is 985. The Hall–Kier alpha value is -2.60. The maximum absolute atomic E-state index is 12.3. The van der Waals surface area contributed by atoms with Crippen LogP contribution in [0.1, 0.15) is 37.5 Å². The van der Waals surface area contributed by atoms with Gasteiger partial charge in [-0.3, -0.25) is 14.4 Å². The third kappa shape index (κ3) is 3.62. The van der Waals surface area contributed by atoms with E-state index < -0.39 is 0 Å². The molecular weight excluding hydrogens is 338 g/mol. The molecule has 6 heteroatoms. The summed E-state index contributed by atoms with van der Waals surface area (Å²) in [5.74, 6) is 0.802. The average molecular weight is 361 g/mol. The van der Waals surface area contributed by atoms with E-state index >= 15 is 0 Å². The number of carbonyl (C=O) groups is 1. The summed E-state index contributed by atoms with van der Waals surface area (Å²) in [7, 11) is 0. The number of fused-ring (bicyclic) bond motifs is 1. The summed E-state index contributed by atoms with van der Waals surface area (Å²) in [5.41, 5.74) is 3.09. The smallest absolute Gasteiger partial charge is 0.154 e. The lowest BCUT2D eigenvalue weighted by Crippen LogP contribution is -2.28. The van der Waals surface area contributed by atoms with Crippen LogP contribution in [-0.4, -0.2) is 50.1 Å². The van der Waals surface area contributed by atoms with Crippen molar-refractivity contribution in [2.45, 2.75) is 38.1 Å². The zero-order valence-electron chi connectivity index (χ0n) is 15.3. The van der Waals surface area contributed by atoms with Crippen LogP contribution in [0.3, 0.4) is 0 Å². The van der Waals surface area contributed by atoms with Crippen molar-refractivity contribution >= 4 is 16.7 Å². The summed E-state index contributed by atoms with van der Waals surface area (Å²) in [6, 6.07) is 6.77. The summed E-state index contributed by atoms with van der Waals surface area (Å²) in [6.07, 6.45) is 11.0. The Morgan fingerprint density at radius 1 is 1.11 bits per heavy atom. The minimum Gasteiger partial charge on any atom is -0.298 e. The zero-order valence-corrected chi connectivity index (χ0v) is 15.3. The second-order valence-electron chi connectivity index (χ2n) is 7.70. The molecule has 3 heterocycles. The van der Waals surface area contributed by atoms with E-state index in [4.69, 9.17) is 0 Å². The van der Waals surface area contributed by atoms with Gasteiger partial charge in [-0.25, -0.2) is 9.97 Å². The Kier molecular flexibility index (Phi) is 4.20. The first-order valence-corrected chi connectivity index (χ1v) is 9.79. The van der Waals surface area contributed by atoms with Crippen molar-refractivity contribution in [2.24, 2.45) is 0 Å². The lowest BCUT2D eigenvalue weighted by atomic mass is 10.1. The van der Waals surface area contributed by atoms with Gasteiger partial charge in [-0.05, 0) is 50.4 Å². The summed E-state index contributed by atoms with van der Waals surface area (Å²) in [4.78, 5) is 23.6. The largest absolute Gasteiger partial charge is 0.298 e. The molecule has 1 aromatic carbocycles. The molecule has 2 fully saturated rings. The molecule has 0 spiro atoms. The molecule has 0 N–H and O–H groups in total. The van der Waals surface area contributed by atoms with Gasteiger partial charge >= 0.3 is 0 Å². The number of benzene rings is 1. The Balaban J connectivity index is 1.35. The van der Waals surface area contributed by atoms with Crippen molar-refractivity contribution in [3.63, 3.8) is 0 Å². The lowest BCUT2D eigenvalue weighted by Gasteiger charge is -2.12.